The first-order valence-electron chi connectivity index (χ1n) is 6.00. The Balaban J connectivity index is 2.18. The molecule has 0 unspecified atom stereocenters. The van der Waals surface area contributed by atoms with Crippen molar-refractivity contribution in [3.8, 4) is 0 Å². The molecule has 0 atom stereocenters. The molecule has 3 rings (SSSR count). The first-order valence-corrected chi connectivity index (χ1v) is 6.00. The fourth-order valence-electron chi connectivity index (χ4n) is 2.10. The molecule has 2 aromatic carbocycles. The molecule has 2 nitrogen and oxygen atoms in total. The average Bonchev–Trinajstić information content (AvgIpc) is 2.46. The lowest BCUT2D eigenvalue weighted by atomic mass is 10.0. The number of halogens is 2. The van der Waals surface area contributed by atoms with Gasteiger partial charge < -0.3 is 0 Å². The van der Waals surface area contributed by atoms with Crippen LogP contribution in [-0.4, -0.2) is 10.8 Å². The van der Waals surface area contributed by atoms with Crippen molar-refractivity contribution in [1.29, 1.82) is 0 Å². The van der Waals surface area contributed by atoms with Crippen molar-refractivity contribution in [1.82, 2.24) is 4.98 Å². The minimum atomic E-state index is -0.885. The SMILES string of the molecule is O=C(c1ccc(F)cc1F)c1nccc2ccccc12. The molecule has 0 radical (unpaired) electrons. The average molecular weight is 269 g/mol. The van der Waals surface area contributed by atoms with Crippen molar-refractivity contribution in [2.75, 3.05) is 0 Å². The second-order valence-electron chi connectivity index (χ2n) is 4.33. The van der Waals surface area contributed by atoms with E-state index >= 15 is 0 Å². The third-order valence-electron chi connectivity index (χ3n) is 3.06. The lowest BCUT2D eigenvalue weighted by Gasteiger charge is -2.05. The molecule has 20 heavy (non-hydrogen) atoms. The molecule has 0 amide bonds. The Morgan fingerprint density at radius 3 is 2.60 bits per heavy atom. The molecule has 0 saturated heterocycles. The van der Waals surface area contributed by atoms with E-state index in [-0.39, 0.29) is 11.3 Å². The molecule has 0 N–H and O–H groups in total. The molecule has 98 valence electrons. The lowest BCUT2D eigenvalue weighted by molar-refractivity contribution is 0.103. The van der Waals surface area contributed by atoms with E-state index in [1.807, 2.05) is 12.1 Å². The molecule has 4 heteroatoms. The number of rotatable bonds is 2. The number of carbonyl (C=O) groups is 1. The van der Waals surface area contributed by atoms with Gasteiger partial charge in [-0.05, 0) is 23.6 Å². The van der Waals surface area contributed by atoms with Crippen molar-refractivity contribution < 1.29 is 13.6 Å². The third kappa shape index (κ3) is 2.05. The molecule has 0 aliphatic heterocycles. The summed E-state index contributed by atoms with van der Waals surface area (Å²) in [5, 5.41) is 1.48. The summed E-state index contributed by atoms with van der Waals surface area (Å²) in [4.78, 5) is 16.4. The van der Waals surface area contributed by atoms with Gasteiger partial charge in [-0.3, -0.25) is 9.78 Å². The van der Waals surface area contributed by atoms with Gasteiger partial charge in [-0.1, -0.05) is 24.3 Å². The van der Waals surface area contributed by atoms with Gasteiger partial charge in [0.1, 0.15) is 17.3 Å². The highest BCUT2D eigenvalue weighted by atomic mass is 19.1. The van der Waals surface area contributed by atoms with Crippen LogP contribution >= 0.6 is 0 Å². The van der Waals surface area contributed by atoms with Crippen molar-refractivity contribution in [2.45, 2.75) is 0 Å². The topological polar surface area (TPSA) is 30.0 Å². The zero-order valence-corrected chi connectivity index (χ0v) is 10.3. The number of nitrogens with zero attached hydrogens (tertiary/aromatic N) is 1. The first kappa shape index (κ1) is 12.4. The zero-order valence-electron chi connectivity index (χ0n) is 10.3. The van der Waals surface area contributed by atoms with Crippen LogP contribution in [0.5, 0.6) is 0 Å². The maximum Gasteiger partial charge on any atom is 0.214 e. The van der Waals surface area contributed by atoms with Crippen LogP contribution in [0.1, 0.15) is 16.1 Å². The number of benzene rings is 2. The number of carbonyl (C=O) groups excluding carboxylic acids is 1. The minimum Gasteiger partial charge on any atom is -0.287 e. The van der Waals surface area contributed by atoms with Crippen LogP contribution in [0.25, 0.3) is 10.8 Å². The van der Waals surface area contributed by atoms with Gasteiger partial charge in [0.25, 0.3) is 0 Å². The number of hydrogen-bond donors (Lipinski definition) is 0. The molecule has 1 aromatic heterocycles. The smallest absolute Gasteiger partial charge is 0.214 e. The molecule has 0 fully saturated rings. The van der Waals surface area contributed by atoms with Gasteiger partial charge >= 0.3 is 0 Å². The van der Waals surface area contributed by atoms with Crippen LogP contribution in [0.15, 0.2) is 54.7 Å². The molecule has 1 heterocycles. The fraction of sp³-hybridized carbons (Fsp3) is 0. The Morgan fingerprint density at radius 2 is 1.80 bits per heavy atom. The van der Waals surface area contributed by atoms with Crippen molar-refractivity contribution in [2.24, 2.45) is 0 Å². The number of pyridine rings is 1. The van der Waals surface area contributed by atoms with Gasteiger partial charge in [0.2, 0.25) is 5.78 Å². The van der Waals surface area contributed by atoms with E-state index in [1.54, 1.807) is 18.2 Å². The van der Waals surface area contributed by atoms with Crippen LogP contribution in [0.3, 0.4) is 0 Å². The summed E-state index contributed by atoms with van der Waals surface area (Å²) in [5.41, 5.74) is -0.0242. The highest BCUT2D eigenvalue weighted by Gasteiger charge is 2.18. The maximum absolute atomic E-state index is 13.7. The molecular formula is C16H9F2NO. The number of fused-ring (bicyclic) bond motifs is 1. The molecule has 0 aliphatic carbocycles. The Hall–Kier alpha value is -2.62. The quantitative estimate of drug-likeness (QED) is 0.663. The summed E-state index contributed by atoms with van der Waals surface area (Å²) in [6.45, 7) is 0. The lowest BCUT2D eigenvalue weighted by Crippen LogP contribution is -2.07. The van der Waals surface area contributed by atoms with Crippen molar-refractivity contribution in [3.63, 3.8) is 0 Å². The number of ketones is 1. The maximum atomic E-state index is 13.7. The van der Waals surface area contributed by atoms with E-state index in [0.29, 0.717) is 11.5 Å². The van der Waals surface area contributed by atoms with Crippen LogP contribution in [0, 0.1) is 11.6 Å². The highest BCUT2D eigenvalue weighted by molar-refractivity contribution is 6.15. The second kappa shape index (κ2) is 4.81. The van der Waals surface area contributed by atoms with E-state index in [2.05, 4.69) is 4.98 Å². The molecule has 3 aromatic rings. The number of aromatic nitrogens is 1. The third-order valence-corrected chi connectivity index (χ3v) is 3.06. The van der Waals surface area contributed by atoms with Gasteiger partial charge in [0, 0.05) is 17.6 Å². The Bertz CT molecular complexity index is 809. The normalized spacial score (nSPS) is 10.7. The summed E-state index contributed by atoms with van der Waals surface area (Å²) in [7, 11) is 0. The van der Waals surface area contributed by atoms with Gasteiger partial charge in [-0.15, -0.1) is 0 Å². The standard InChI is InChI=1S/C16H9F2NO/c17-11-5-6-13(14(18)9-11)16(20)15-12-4-2-1-3-10(12)7-8-19-15/h1-9H. The number of hydrogen-bond acceptors (Lipinski definition) is 2. The van der Waals surface area contributed by atoms with Gasteiger partial charge in [0.05, 0.1) is 5.56 Å². The van der Waals surface area contributed by atoms with E-state index < -0.39 is 17.4 Å². The molecule has 0 bridgehead atoms. The zero-order chi connectivity index (χ0) is 14.1. The summed E-state index contributed by atoms with van der Waals surface area (Å²) >= 11 is 0. The first-order chi connectivity index (χ1) is 9.66. The fourth-order valence-corrected chi connectivity index (χ4v) is 2.10. The Labute approximate surface area is 113 Å². The molecular weight excluding hydrogens is 260 g/mol. The molecule has 0 aliphatic rings. The summed E-state index contributed by atoms with van der Waals surface area (Å²) in [6, 6.07) is 11.9. The van der Waals surface area contributed by atoms with Crippen LogP contribution in [0.4, 0.5) is 8.78 Å². The second-order valence-corrected chi connectivity index (χ2v) is 4.33. The molecule has 0 spiro atoms. The summed E-state index contributed by atoms with van der Waals surface area (Å²) in [5.74, 6) is -2.16. The monoisotopic (exact) mass is 269 g/mol. The Kier molecular flexibility index (Phi) is 2.99. The van der Waals surface area contributed by atoms with Crippen LogP contribution in [0.2, 0.25) is 0 Å². The highest BCUT2D eigenvalue weighted by Crippen LogP contribution is 2.20. The van der Waals surface area contributed by atoms with Gasteiger partial charge in [0.15, 0.2) is 0 Å². The van der Waals surface area contributed by atoms with E-state index in [9.17, 15) is 13.6 Å². The predicted octanol–water partition coefficient (Wildman–Crippen LogP) is 3.74. The largest absolute Gasteiger partial charge is 0.287 e. The molecule has 0 saturated carbocycles. The minimum absolute atomic E-state index is 0.161. The van der Waals surface area contributed by atoms with Crippen LogP contribution in [-0.2, 0) is 0 Å². The van der Waals surface area contributed by atoms with Crippen molar-refractivity contribution >= 4 is 16.6 Å². The Morgan fingerprint density at radius 1 is 1.00 bits per heavy atom. The van der Waals surface area contributed by atoms with E-state index in [4.69, 9.17) is 0 Å². The van der Waals surface area contributed by atoms with Crippen molar-refractivity contribution in [3.05, 3.63) is 77.6 Å². The van der Waals surface area contributed by atoms with Gasteiger partial charge in [-0.2, -0.15) is 0 Å². The van der Waals surface area contributed by atoms with E-state index in [1.165, 1.54) is 6.20 Å². The predicted molar refractivity (Wildman–Crippen MR) is 71.5 cm³/mol. The van der Waals surface area contributed by atoms with Crippen LogP contribution < -0.4 is 0 Å². The summed E-state index contributed by atoms with van der Waals surface area (Å²) < 4.78 is 26.6. The van der Waals surface area contributed by atoms with Gasteiger partial charge in [-0.25, -0.2) is 8.78 Å². The van der Waals surface area contributed by atoms with E-state index in [0.717, 1.165) is 17.5 Å². The summed E-state index contributed by atoms with van der Waals surface area (Å²) in [6.07, 6.45) is 1.50.